The van der Waals surface area contributed by atoms with Crippen LogP contribution in [0.5, 0.6) is 0 Å². The number of nitrogens with two attached hydrogens (primary N) is 1. The molecule has 0 radical (unpaired) electrons. The second kappa shape index (κ2) is 5.66. The Morgan fingerprint density at radius 1 is 1.44 bits per heavy atom. The van der Waals surface area contributed by atoms with Crippen LogP contribution in [0.4, 0.5) is 10.7 Å². The van der Waals surface area contributed by atoms with E-state index < -0.39 is 11.7 Å². The summed E-state index contributed by atoms with van der Waals surface area (Å²) in [5.41, 5.74) is 6.67. The van der Waals surface area contributed by atoms with Gasteiger partial charge in [-0.05, 0) is 33.8 Å². The fraction of sp³-hybridized carbons (Fsp3) is 0.583. The van der Waals surface area contributed by atoms with Gasteiger partial charge in [-0.2, -0.15) is 0 Å². The zero-order valence-corrected chi connectivity index (χ0v) is 11.3. The zero-order chi connectivity index (χ0) is 13.8. The van der Waals surface area contributed by atoms with Crippen LogP contribution in [-0.4, -0.2) is 28.2 Å². The third-order valence-corrected chi connectivity index (χ3v) is 1.97. The van der Waals surface area contributed by atoms with Crippen molar-refractivity contribution in [3.63, 3.8) is 0 Å². The molecule has 6 nitrogen and oxygen atoms in total. The van der Waals surface area contributed by atoms with Gasteiger partial charge in [-0.15, -0.1) is 0 Å². The molecule has 0 aliphatic rings. The number of rotatable bonds is 3. The lowest BCUT2D eigenvalue weighted by molar-refractivity contribution is 0.0528. The van der Waals surface area contributed by atoms with Crippen LogP contribution in [0.1, 0.15) is 32.2 Å². The fourth-order valence-corrected chi connectivity index (χ4v) is 1.39. The van der Waals surface area contributed by atoms with Crippen molar-refractivity contribution in [2.75, 3.05) is 12.3 Å². The van der Waals surface area contributed by atoms with Gasteiger partial charge in [0.25, 0.3) is 0 Å². The number of anilines is 1. The van der Waals surface area contributed by atoms with Crippen molar-refractivity contribution in [1.82, 2.24) is 15.3 Å². The molecule has 1 rings (SSSR count). The monoisotopic (exact) mass is 252 g/mol. The van der Waals surface area contributed by atoms with E-state index in [0.717, 1.165) is 11.4 Å². The van der Waals surface area contributed by atoms with Gasteiger partial charge in [0.1, 0.15) is 5.60 Å². The Morgan fingerprint density at radius 3 is 2.67 bits per heavy atom. The number of hydrogen-bond donors (Lipinski definition) is 2. The molecular weight excluding hydrogens is 232 g/mol. The van der Waals surface area contributed by atoms with E-state index in [0.29, 0.717) is 13.0 Å². The second-order valence-corrected chi connectivity index (χ2v) is 5.04. The van der Waals surface area contributed by atoms with Gasteiger partial charge in [-0.25, -0.2) is 14.8 Å². The number of amides is 1. The molecule has 0 bridgehead atoms. The smallest absolute Gasteiger partial charge is 0.407 e. The van der Waals surface area contributed by atoms with Crippen LogP contribution < -0.4 is 11.1 Å². The molecule has 18 heavy (non-hydrogen) atoms. The molecule has 1 aromatic rings. The third kappa shape index (κ3) is 5.47. The van der Waals surface area contributed by atoms with Gasteiger partial charge < -0.3 is 15.8 Å². The first kappa shape index (κ1) is 14.2. The molecule has 0 saturated carbocycles. The highest BCUT2D eigenvalue weighted by Gasteiger charge is 2.15. The van der Waals surface area contributed by atoms with E-state index in [2.05, 4.69) is 15.3 Å². The molecule has 100 valence electrons. The number of carbonyl (C=O) groups excluding carboxylic acids is 1. The van der Waals surface area contributed by atoms with Gasteiger partial charge in [0.2, 0.25) is 5.95 Å². The highest BCUT2D eigenvalue weighted by atomic mass is 16.6. The zero-order valence-electron chi connectivity index (χ0n) is 11.3. The summed E-state index contributed by atoms with van der Waals surface area (Å²) in [6, 6.07) is 1.84. The van der Waals surface area contributed by atoms with Crippen LogP contribution in [0.3, 0.4) is 0 Å². The van der Waals surface area contributed by atoms with Crippen LogP contribution >= 0.6 is 0 Å². The van der Waals surface area contributed by atoms with E-state index in [4.69, 9.17) is 10.5 Å². The second-order valence-electron chi connectivity index (χ2n) is 5.04. The summed E-state index contributed by atoms with van der Waals surface area (Å²) >= 11 is 0. The van der Waals surface area contributed by atoms with Crippen molar-refractivity contribution in [1.29, 1.82) is 0 Å². The first-order chi connectivity index (χ1) is 8.26. The minimum absolute atomic E-state index is 0.252. The Kier molecular flexibility index (Phi) is 4.47. The summed E-state index contributed by atoms with van der Waals surface area (Å²) in [6.07, 6.45) is 0.161. The Bertz CT molecular complexity index is 406. The maximum atomic E-state index is 11.4. The minimum atomic E-state index is -0.486. The Labute approximate surface area is 107 Å². The number of alkyl carbamates (subject to hydrolysis) is 1. The molecule has 0 spiro atoms. The summed E-state index contributed by atoms with van der Waals surface area (Å²) < 4.78 is 5.12. The van der Waals surface area contributed by atoms with Crippen molar-refractivity contribution in [3.8, 4) is 0 Å². The Morgan fingerprint density at radius 2 is 2.11 bits per heavy atom. The van der Waals surface area contributed by atoms with E-state index in [-0.39, 0.29) is 5.95 Å². The van der Waals surface area contributed by atoms with Gasteiger partial charge in [-0.3, -0.25) is 0 Å². The summed E-state index contributed by atoms with van der Waals surface area (Å²) in [5.74, 6) is 0.252. The Balaban J connectivity index is 2.40. The normalized spacial score (nSPS) is 11.1. The van der Waals surface area contributed by atoms with E-state index >= 15 is 0 Å². The number of hydrogen-bond acceptors (Lipinski definition) is 5. The molecule has 0 aliphatic heterocycles. The van der Waals surface area contributed by atoms with Crippen LogP contribution in [0.25, 0.3) is 0 Å². The average Bonchev–Trinajstić information content (AvgIpc) is 2.12. The number of nitrogen functional groups attached to an aromatic ring is 1. The number of aromatic nitrogens is 2. The highest BCUT2D eigenvalue weighted by molar-refractivity contribution is 5.67. The molecule has 0 saturated heterocycles. The van der Waals surface area contributed by atoms with Crippen molar-refractivity contribution in [2.45, 2.75) is 39.7 Å². The largest absolute Gasteiger partial charge is 0.444 e. The molecule has 3 N–H and O–H groups in total. The fourth-order valence-electron chi connectivity index (χ4n) is 1.39. The molecule has 0 aromatic carbocycles. The van der Waals surface area contributed by atoms with Crippen molar-refractivity contribution >= 4 is 12.0 Å². The lowest BCUT2D eigenvalue weighted by Gasteiger charge is -2.19. The first-order valence-corrected chi connectivity index (χ1v) is 5.83. The van der Waals surface area contributed by atoms with Gasteiger partial charge in [0, 0.05) is 24.4 Å². The standard InChI is InChI=1S/C12H20N4O2/c1-8-7-9(16-10(13)15-8)5-6-14-11(17)18-12(2,3)4/h7H,5-6H2,1-4H3,(H,14,17)(H2,13,15,16). The quantitative estimate of drug-likeness (QED) is 0.849. The SMILES string of the molecule is Cc1cc(CCNC(=O)OC(C)(C)C)nc(N)n1. The number of nitrogens with zero attached hydrogens (tertiary/aromatic N) is 2. The molecule has 1 heterocycles. The molecule has 1 aromatic heterocycles. The predicted octanol–water partition coefficient (Wildman–Crippen LogP) is 1.43. The van der Waals surface area contributed by atoms with Crippen LogP contribution in [0.2, 0.25) is 0 Å². The molecule has 1 amide bonds. The maximum absolute atomic E-state index is 11.4. The molecule has 0 fully saturated rings. The minimum Gasteiger partial charge on any atom is -0.444 e. The molecular formula is C12H20N4O2. The molecule has 6 heteroatoms. The first-order valence-electron chi connectivity index (χ1n) is 5.83. The summed E-state index contributed by atoms with van der Waals surface area (Å²) in [4.78, 5) is 19.5. The van der Waals surface area contributed by atoms with Crippen molar-refractivity contribution in [2.24, 2.45) is 0 Å². The molecule has 0 atom stereocenters. The van der Waals surface area contributed by atoms with Gasteiger partial charge in [-0.1, -0.05) is 0 Å². The molecule has 0 unspecified atom stereocenters. The topological polar surface area (TPSA) is 90.1 Å². The Hall–Kier alpha value is -1.85. The maximum Gasteiger partial charge on any atom is 0.407 e. The van der Waals surface area contributed by atoms with Crippen molar-refractivity contribution < 1.29 is 9.53 Å². The van der Waals surface area contributed by atoms with Gasteiger partial charge in [0.05, 0.1) is 0 Å². The van der Waals surface area contributed by atoms with Gasteiger partial charge in [0.15, 0.2) is 0 Å². The van der Waals surface area contributed by atoms with Crippen LogP contribution in [0.15, 0.2) is 6.07 Å². The van der Waals surface area contributed by atoms with E-state index in [1.807, 2.05) is 33.8 Å². The van der Waals surface area contributed by atoms with Crippen LogP contribution in [0, 0.1) is 6.92 Å². The van der Waals surface area contributed by atoms with E-state index in [1.165, 1.54) is 0 Å². The average molecular weight is 252 g/mol. The number of carbonyl (C=O) groups is 1. The third-order valence-electron chi connectivity index (χ3n) is 1.97. The highest BCUT2D eigenvalue weighted by Crippen LogP contribution is 2.06. The lowest BCUT2D eigenvalue weighted by atomic mass is 10.2. The van der Waals surface area contributed by atoms with Crippen molar-refractivity contribution in [3.05, 3.63) is 17.5 Å². The summed E-state index contributed by atoms with van der Waals surface area (Å²) in [7, 11) is 0. The number of nitrogens with one attached hydrogen (secondary N) is 1. The van der Waals surface area contributed by atoms with E-state index in [9.17, 15) is 4.79 Å². The van der Waals surface area contributed by atoms with Gasteiger partial charge >= 0.3 is 6.09 Å². The van der Waals surface area contributed by atoms with Crippen LogP contribution in [-0.2, 0) is 11.2 Å². The number of ether oxygens (including phenoxy) is 1. The predicted molar refractivity (Wildman–Crippen MR) is 69.1 cm³/mol. The van der Waals surface area contributed by atoms with E-state index in [1.54, 1.807) is 0 Å². The molecule has 0 aliphatic carbocycles. The lowest BCUT2D eigenvalue weighted by Crippen LogP contribution is -2.33. The summed E-state index contributed by atoms with van der Waals surface area (Å²) in [5, 5.41) is 2.66. The summed E-state index contributed by atoms with van der Waals surface area (Å²) in [6.45, 7) is 7.76. The number of aryl methyl sites for hydroxylation is 1.